The molecule has 0 aliphatic heterocycles. The first-order valence-electron chi connectivity index (χ1n) is 15.6. The fraction of sp³-hybridized carbons (Fsp3) is 0.968. The van der Waals surface area contributed by atoms with Crippen LogP contribution in [0.3, 0.4) is 0 Å². The van der Waals surface area contributed by atoms with Crippen LogP contribution in [0.15, 0.2) is 0 Å². The van der Waals surface area contributed by atoms with Crippen LogP contribution in [0.25, 0.3) is 0 Å². The van der Waals surface area contributed by atoms with Gasteiger partial charge in [0, 0.05) is 0 Å². The van der Waals surface area contributed by atoms with Gasteiger partial charge in [0.1, 0.15) is 0 Å². The Morgan fingerprint density at radius 3 is 1.03 bits per heavy atom. The maximum atomic E-state index is 11.0. The van der Waals surface area contributed by atoms with E-state index in [1.807, 2.05) is 0 Å². The molecular weight excluding hydrogens is 433 g/mol. The van der Waals surface area contributed by atoms with E-state index in [1.54, 1.807) is 0 Å². The van der Waals surface area contributed by atoms with Crippen LogP contribution in [-0.2, 0) is 4.57 Å². The number of rotatable bonds is 27. The number of hydrogen-bond acceptors (Lipinski definition) is 2. The van der Waals surface area contributed by atoms with Crippen molar-refractivity contribution in [1.29, 1.82) is 0 Å². The molecule has 202 valence electrons. The molecule has 0 unspecified atom stereocenters. The number of unbranched alkanes of at least 4 members (excludes halogenated alkanes) is 22. The van der Waals surface area contributed by atoms with Crippen molar-refractivity contribution >= 4 is 7.92 Å². The third kappa shape index (κ3) is 25.1. The zero-order valence-corrected chi connectivity index (χ0v) is 24.7. The van der Waals surface area contributed by atoms with E-state index in [1.165, 1.54) is 167 Å². The van der Waals surface area contributed by atoms with Gasteiger partial charge in [-0.3, -0.25) is 0 Å². The van der Waals surface area contributed by atoms with Crippen molar-refractivity contribution in [3.63, 3.8) is 0 Å². The van der Waals surface area contributed by atoms with Gasteiger partial charge in [0.25, 0.3) is 0 Å². The molecule has 0 aromatic rings. The molecule has 0 aromatic heterocycles. The molecule has 2 nitrogen and oxygen atoms in total. The van der Waals surface area contributed by atoms with Crippen molar-refractivity contribution in [1.82, 2.24) is 4.90 Å². The minimum absolute atomic E-state index is 0.0256. The summed E-state index contributed by atoms with van der Waals surface area (Å²) in [7, 11) is 2.09. The third-order valence-electron chi connectivity index (χ3n) is 7.53. The first kappa shape index (κ1) is 34.0. The van der Waals surface area contributed by atoms with E-state index in [0.717, 1.165) is 0 Å². The molecule has 0 aliphatic carbocycles. The van der Waals surface area contributed by atoms with Gasteiger partial charge in [-0.05, 0) is 0 Å². The number of hydrogen-bond donors (Lipinski definition) is 0. The van der Waals surface area contributed by atoms with E-state index < -0.39 is 0 Å². The van der Waals surface area contributed by atoms with E-state index >= 15 is 0 Å². The normalized spacial score (nSPS) is 11.4. The van der Waals surface area contributed by atoms with Crippen LogP contribution in [0.2, 0.25) is 0 Å². The molecule has 0 saturated heterocycles. The van der Waals surface area contributed by atoms with E-state index in [0.29, 0.717) is 6.04 Å². The predicted molar refractivity (Wildman–Crippen MR) is 154 cm³/mol. The predicted octanol–water partition coefficient (Wildman–Crippen LogP) is 11.7. The summed E-state index contributed by atoms with van der Waals surface area (Å²) < 4.78 is 11.0. The van der Waals surface area contributed by atoms with Crippen molar-refractivity contribution in [2.24, 2.45) is 0 Å². The molecule has 0 spiro atoms. The fourth-order valence-corrected chi connectivity index (χ4v) is 5.41. The second kappa shape index (κ2) is 29.2. The summed E-state index contributed by atoms with van der Waals surface area (Å²) in [6.07, 6.45) is 36.1. The van der Waals surface area contributed by atoms with Crippen molar-refractivity contribution < 1.29 is 4.57 Å². The second-order valence-corrected chi connectivity index (χ2v) is 11.2. The van der Waals surface area contributed by atoms with E-state index in [2.05, 4.69) is 31.5 Å². The average molecular weight is 496 g/mol. The van der Waals surface area contributed by atoms with Gasteiger partial charge in [-0.1, -0.05) is 65.2 Å². The van der Waals surface area contributed by atoms with Crippen LogP contribution in [0.5, 0.6) is 0 Å². The fourth-order valence-electron chi connectivity index (χ4n) is 5.12. The van der Waals surface area contributed by atoms with Crippen molar-refractivity contribution in [2.45, 2.75) is 187 Å². The summed E-state index contributed by atoms with van der Waals surface area (Å²) >= 11 is 0. The molecule has 0 saturated carbocycles. The Bertz CT molecular complexity index is 461. The summed E-state index contributed by atoms with van der Waals surface area (Å²) in [5, 5.41) is 0. The van der Waals surface area contributed by atoms with Gasteiger partial charge in [0.2, 0.25) is 0 Å². The van der Waals surface area contributed by atoms with Crippen LogP contribution in [0.1, 0.15) is 181 Å². The Kier molecular flexibility index (Phi) is 29.2. The first-order chi connectivity index (χ1) is 16.8. The zero-order chi connectivity index (χ0) is 25.0. The van der Waals surface area contributed by atoms with Crippen LogP contribution in [-0.4, -0.2) is 18.0 Å². The molecule has 0 atom stereocenters. The van der Waals surface area contributed by atoms with Gasteiger partial charge in [-0.15, -0.1) is 0 Å². The van der Waals surface area contributed by atoms with Gasteiger partial charge >= 0.3 is 152 Å². The molecule has 0 N–H and O–H groups in total. The standard InChI is InChI=1S/C31H62NOP/c1-4-6-8-10-12-14-16-18-20-22-24-26-28-31(32(3)30-34-33)29-27-25-23-21-19-17-15-13-11-9-7-5-2/h31H,4-29H2,1-3H3. The third-order valence-corrected chi connectivity index (χ3v) is 7.93. The molecule has 0 radical (unpaired) electrons. The Hall–Kier alpha value is -0.0300. The Morgan fingerprint density at radius 1 is 0.500 bits per heavy atom. The Labute approximate surface area is 216 Å². The molecule has 0 aliphatic rings. The topological polar surface area (TPSA) is 20.3 Å². The van der Waals surface area contributed by atoms with E-state index in [4.69, 9.17) is 0 Å². The van der Waals surface area contributed by atoms with Gasteiger partial charge in [0.15, 0.2) is 0 Å². The SMILES string of the molecule is CCCCCCCCCCCCCCC(CCCCCCCCCCCCCC)N(C)C#P=O. The monoisotopic (exact) mass is 495 g/mol. The van der Waals surface area contributed by atoms with Crippen LogP contribution < -0.4 is 0 Å². The van der Waals surface area contributed by atoms with Crippen molar-refractivity contribution in [2.75, 3.05) is 7.05 Å². The van der Waals surface area contributed by atoms with Gasteiger partial charge in [0.05, 0.1) is 0 Å². The quantitative estimate of drug-likeness (QED) is 0.0641. The first-order valence-corrected chi connectivity index (χ1v) is 16.4. The molecule has 0 heterocycles. The summed E-state index contributed by atoms with van der Waals surface area (Å²) in [5.74, 6) is 2.98. The van der Waals surface area contributed by atoms with Crippen LogP contribution >= 0.6 is 7.92 Å². The minimum atomic E-state index is 0.0256. The summed E-state index contributed by atoms with van der Waals surface area (Å²) in [6, 6.07) is 0.521. The molecule has 0 bridgehead atoms. The molecule has 0 rings (SSSR count). The van der Waals surface area contributed by atoms with Crippen LogP contribution in [0.4, 0.5) is 0 Å². The number of nitrogens with zero attached hydrogens (tertiary/aromatic N) is 1. The summed E-state index contributed by atoms with van der Waals surface area (Å²) in [5.41, 5.74) is 0. The molecule has 0 amide bonds. The molecule has 0 fully saturated rings. The Morgan fingerprint density at radius 2 is 0.765 bits per heavy atom. The van der Waals surface area contributed by atoms with Gasteiger partial charge < -0.3 is 0 Å². The van der Waals surface area contributed by atoms with Crippen molar-refractivity contribution in [3.8, 4) is 5.75 Å². The second-order valence-electron chi connectivity index (χ2n) is 10.8. The average Bonchev–Trinajstić information content (AvgIpc) is 2.84. The van der Waals surface area contributed by atoms with Gasteiger partial charge in [-0.25, -0.2) is 0 Å². The van der Waals surface area contributed by atoms with Crippen LogP contribution in [0, 0.1) is 5.75 Å². The van der Waals surface area contributed by atoms with Gasteiger partial charge in [-0.2, -0.15) is 0 Å². The van der Waals surface area contributed by atoms with E-state index in [-0.39, 0.29) is 7.92 Å². The Balaban J connectivity index is 3.68. The molecule has 3 heteroatoms. The zero-order valence-electron chi connectivity index (χ0n) is 23.8. The molecule has 34 heavy (non-hydrogen) atoms. The molecular formula is C31H62NOP. The summed E-state index contributed by atoms with van der Waals surface area (Å²) in [6.45, 7) is 4.58. The summed E-state index contributed by atoms with van der Waals surface area (Å²) in [4.78, 5) is 2.10. The molecule has 0 aromatic carbocycles. The van der Waals surface area contributed by atoms with Crippen molar-refractivity contribution in [3.05, 3.63) is 0 Å². The van der Waals surface area contributed by atoms with E-state index in [9.17, 15) is 4.57 Å². The maximum absolute atomic E-state index is 11.0.